The molecule has 6 nitrogen and oxygen atoms in total. The predicted octanol–water partition coefficient (Wildman–Crippen LogP) is 0.627. The van der Waals surface area contributed by atoms with Crippen LogP contribution in [0.4, 0.5) is 0 Å². The number of carbonyl (C=O) groups is 2. The Morgan fingerprint density at radius 1 is 1.32 bits per heavy atom. The summed E-state index contributed by atoms with van der Waals surface area (Å²) in [5.41, 5.74) is -0.120. The summed E-state index contributed by atoms with van der Waals surface area (Å²) in [6.07, 6.45) is 0.860. The lowest BCUT2D eigenvalue weighted by molar-refractivity contribution is -0.139. The fraction of sp³-hybridized carbons (Fsp3) is 0.857. The Labute approximate surface area is 136 Å². The van der Waals surface area contributed by atoms with E-state index in [1.807, 2.05) is 20.8 Å². The Hall–Kier alpha value is -0.760. The van der Waals surface area contributed by atoms with E-state index >= 15 is 0 Å². The van der Waals surface area contributed by atoms with Crippen LogP contribution < -0.4 is 5.32 Å². The van der Waals surface area contributed by atoms with Crippen molar-refractivity contribution >= 4 is 33.4 Å². The molecule has 2 aliphatic heterocycles. The highest BCUT2D eigenvalue weighted by molar-refractivity contribution is 7.99. The summed E-state index contributed by atoms with van der Waals surface area (Å²) in [6, 6.07) is -0.800. The second-order valence-corrected chi connectivity index (χ2v) is 10.5. The zero-order valence-corrected chi connectivity index (χ0v) is 14.9. The van der Waals surface area contributed by atoms with Crippen LogP contribution in [0.1, 0.15) is 33.6 Å². The van der Waals surface area contributed by atoms with Gasteiger partial charge in [0, 0.05) is 18.2 Å². The van der Waals surface area contributed by atoms with Gasteiger partial charge in [-0.2, -0.15) is 0 Å². The van der Waals surface area contributed by atoms with E-state index in [9.17, 15) is 18.0 Å². The minimum Gasteiger partial charge on any atom is -0.350 e. The van der Waals surface area contributed by atoms with Gasteiger partial charge >= 0.3 is 0 Å². The molecule has 0 unspecified atom stereocenters. The number of hydrogen-bond acceptors (Lipinski definition) is 5. The van der Waals surface area contributed by atoms with E-state index in [1.54, 1.807) is 16.7 Å². The van der Waals surface area contributed by atoms with Gasteiger partial charge in [0.25, 0.3) is 0 Å². The van der Waals surface area contributed by atoms with E-state index in [4.69, 9.17) is 0 Å². The summed E-state index contributed by atoms with van der Waals surface area (Å²) in [5, 5.41) is 2.80. The van der Waals surface area contributed by atoms with Crippen molar-refractivity contribution in [3.63, 3.8) is 0 Å². The third-order valence-corrected chi connectivity index (χ3v) is 6.55. The summed E-state index contributed by atoms with van der Waals surface area (Å²) in [6.45, 7) is 5.98. The minimum atomic E-state index is -3.02. The molecule has 0 aromatic rings. The van der Waals surface area contributed by atoms with Gasteiger partial charge in [-0.15, -0.1) is 11.8 Å². The fourth-order valence-electron chi connectivity index (χ4n) is 2.67. The van der Waals surface area contributed by atoms with Crippen molar-refractivity contribution in [2.24, 2.45) is 5.41 Å². The molecule has 2 amide bonds. The van der Waals surface area contributed by atoms with Crippen LogP contribution in [-0.4, -0.2) is 60.4 Å². The normalized spacial score (nSPS) is 27.9. The standard InChI is InChI=1S/C14H24N2O4S2/c1-14(2,3)6-12(17)16-9-21-7-11(16)13(18)15-10-4-5-22(19,20)8-10/h10-11H,4-9H2,1-3H3,(H,15,18)/t10-,11+/m0/s1. The molecule has 0 aliphatic carbocycles. The highest BCUT2D eigenvalue weighted by Crippen LogP contribution is 2.26. The van der Waals surface area contributed by atoms with Gasteiger partial charge in [-0.25, -0.2) is 8.42 Å². The SMILES string of the molecule is CC(C)(C)CC(=O)N1CSC[C@@H]1C(=O)N[C@H]1CCS(=O)(=O)C1. The van der Waals surface area contributed by atoms with Gasteiger partial charge < -0.3 is 10.2 Å². The van der Waals surface area contributed by atoms with Gasteiger partial charge in [0.05, 0.1) is 17.4 Å². The van der Waals surface area contributed by atoms with Crippen molar-refractivity contribution in [2.75, 3.05) is 23.1 Å². The Balaban J connectivity index is 1.95. The zero-order chi connectivity index (χ0) is 16.5. The van der Waals surface area contributed by atoms with Crippen LogP contribution >= 0.6 is 11.8 Å². The van der Waals surface area contributed by atoms with E-state index in [0.717, 1.165) is 0 Å². The van der Waals surface area contributed by atoms with Crippen LogP contribution in [0.5, 0.6) is 0 Å². The number of thioether (sulfide) groups is 1. The number of nitrogens with zero attached hydrogens (tertiary/aromatic N) is 1. The summed E-state index contributed by atoms with van der Waals surface area (Å²) < 4.78 is 22.9. The van der Waals surface area contributed by atoms with E-state index in [2.05, 4.69) is 5.32 Å². The first-order valence-electron chi connectivity index (χ1n) is 7.45. The van der Waals surface area contributed by atoms with Crippen molar-refractivity contribution in [3.05, 3.63) is 0 Å². The first-order chi connectivity index (χ1) is 10.1. The zero-order valence-electron chi connectivity index (χ0n) is 13.3. The first-order valence-corrected chi connectivity index (χ1v) is 10.4. The lowest BCUT2D eigenvalue weighted by atomic mass is 9.91. The van der Waals surface area contributed by atoms with Gasteiger partial charge in [0.1, 0.15) is 6.04 Å². The monoisotopic (exact) mass is 348 g/mol. The highest BCUT2D eigenvalue weighted by Gasteiger charge is 2.38. The lowest BCUT2D eigenvalue weighted by Gasteiger charge is -2.27. The topological polar surface area (TPSA) is 83.6 Å². The molecule has 2 saturated heterocycles. The van der Waals surface area contributed by atoms with E-state index in [1.165, 1.54) is 0 Å². The molecular formula is C14H24N2O4S2. The fourth-order valence-corrected chi connectivity index (χ4v) is 5.52. The largest absolute Gasteiger partial charge is 0.350 e. The third-order valence-electron chi connectivity index (χ3n) is 3.77. The number of sulfone groups is 1. The van der Waals surface area contributed by atoms with Crippen LogP contribution in [0, 0.1) is 5.41 Å². The molecule has 2 atom stereocenters. The Kier molecular flexibility index (Phi) is 5.11. The number of hydrogen-bond donors (Lipinski definition) is 1. The van der Waals surface area contributed by atoms with Gasteiger partial charge in [-0.3, -0.25) is 9.59 Å². The molecule has 0 radical (unpaired) electrons. The van der Waals surface area contributed by atoms with Crippen molar-refractivity contribution < 1.29 is 18.0 Å². The summed E-state index contributed by atoms with van der Waals surface area (Å²) in [7, 11) is -3.02. The van der Waals surface area contributed by atoms with Crippen LogP contribution in [0.25, 0.3) is 0 Å². The van der Waals surface area contributed by atoms with Gasteiger partial charge in [0.2, 0.25) is 11.8 Å². The molecule has 2 aliphatic rings. The van der Waals surface area contributed by atoms with Crippen LogP contribution in [0.2, 0.25) is 0 Å². The van der Waals surface area contributed by atoms with Crippen LogP contribution in [0.15, 0.2) is 0 Å². The number of carbonyl (C=O) groups excluding carboxylic acids is 2. The Bertz CT molecular complexity index is 554. The maximum absolute atomic E-state index is 12.4. The van der Waals surface area contributed by atoms with Gasteiger partial charge in [0.15, 0.2) is 9.84 Å². The molecule has 126 valence electrons. The lowest BCUT2D eigenvalue weighted by Crippen LogP contribution is -2.50. The Morgan fingerprint density at radius 3 is 2.55 bits per heavy atom. The maximum Gasteiger partial charge on any atom is 0.243 e. The third kappa shape index (κ3) is 4.62. The first kappa shape index (κ1) is 17.6. The summed E-state index contributed by atoms with van der Waals surface area (Å²) in [4.78, 5) is 26.4. The smallest absolute Gasteiger partial charge is 0.243 e. The molecule has 2 fully saturated rings. The molecule has 22 heavy (non-hydrogen) atoms. The molecule has 8 heteroatoms. The summed E-state index contributed by atoms with van der Waals surface area (Å²) >= 11 is 1.56. The van der Waals surface area contributed by atoms with Gasteiger partial charge in [-0.1, -0.05) is 20.8 Å². The predicted molar refractivity (Wildman–Crippen MR) is 87.2 cm³/mol. The van der Waals surface area contributed by atoms with E-state index in [-0.39, 0.29) is 34.8 Å². The van der Waals surface area contributed by atoms with E-state index in [0.29, 0.717) is 24.5 Å². The Morgan fingerprint density at radius 2 is 2.00 bits per heavy atom. The van der Waals surface area contributed by atoms with Crippen molar-refractivity contribution in [2.45, 2.75) is 45.7 Å². The van der Waals surface area contributed by atoms with Crippen LogP contribution in [-0.2, 0) is 19.4 Å². The highest BCUT2D eigenvalue weighted by atomic mass is 32.2. The molecule has 1 N–H and O–H groups in total. The number of nitrogens with one attached hydrogen (secondary N) is 1. The second-order valence-electron chi connectivity index (χ2n) is 7.23. The molecule has 2 heterocycles. The number of rotatable bonds is 3. The minimum absolute atomic E-state index is 0.00847. The average molecular weight is 348 g/mol. The average Bonchev–Trinajstić information content (AvgIpc) is 2.93. The molecule has 0 aromatic heterocycles. The molecule has 0 bridgehead atoms. The summed E-state index contributed by atoms with van der Waals surface area (Å²) in [5.74, 6) is 0.987. The molecule has 2 rings (SSSR count). The van der Waals surface area contributed by atoms with Crippen molar-refractivity contribution in [1.82, 2.24) is 10.2 Å². The van der Waals surface area contributed by atoms with Crippen LogP contribution in [0.3, 0.4) is 0 Å². The molecule has 0 spiro atoms. The molecule has 0 aromatic carbocycles. The molecular weight excluding hydrogens is 324 g/mol. The maximum atomic E-state index is 12.4. The van der Waals surface area contributed by atoms with Crippen molar-refractivity contribution in [1.29, 1.82) is 0 Å². The van der Waals surface area contributed by atoms with Crippen molar-refractivity contribution in [3.8, 4) is 0 Å². The molecule has 0 saturated carbocycles. The van der Waals surface area contributed by atoms with Gasteiger partial charge in [-0.05, 0) is 11.8 Å². The quantitative estimate of drug-likeness (QED) is 0.809. The number of amides is 2. The second kappa shape index (κ2) is 6.39. The van der Waals surface area contributed by atoms with E-state index < -0.39 is 15.9 Å².